The molecule has 1 amide bonds. The standard InChI is InChI=1S/C13H12N6O3/c14-13(22)12-8-1-9(7-2-15-6-16-3-7)17-4-10(8)19(18-12)5-11(20)21/h1-4,6,11,20-21H,5H2,(H2,14,22). The molecule has 0 saturated carbocycles. The van der Waals surface area contributed by atoms with Gasteiger partial charge in [0.05, 0.1) is 24.0 Å². The van der Waals surface area contributed by atoms with E-state index in [-0.39, 0.29) is 12.2 Å². The van der Waals surface area contributed by atoms with Crippen molar-refractivity contribution in [2.75, 3.05) is 0 Å². The van der Waals surface area contributed by atoms with E-state index in [9.17, 15) is 4.79 Å². The molecule has 0 bridgehead atoms. The number of fused-ring (bicyclic) bond motifs is 1. The second-order valence-corrected chi connectivity index (χ2v) is 4.59. The normalized spacial score (nSPS) is 11.2. The lowest BCUT2D eigenvalue weighted by Gasteiger charge is -2.05. The van der Waals surface area contributed by atoms with E-state index in [1.807, 2.05) is 0 Å². The number of hydrogen-bond donors (Lipinski definition) is 3. The van der Waals surface area contributed by atoms with Gasteiger partial charge in [-0.3, -0.25) is 14.5 Å². The van der Waals surface area contributed by atoms with Gasteiger partial charge < -0.3 is 15.9 Å². The fourth-order valence-corrected chi connectivity index (χ4v) is 2.14. The summed E-state index contributed by atoms with van der Waals surface area (Å²) in [5.41, 5.74) is 7.07. The van der Waals surface area contributed by atoms with Crippen LogP contribution < -0.4 is 5.73 Å². The van der Waals surface area contributed by atoms with Gasteiger partial charge in [0, 0.05) is 23.3 Å². The number of rotatable bonds is 4. The van der Waals surface area contributed by atoms with Crippen LogP contribution in [0.4, 0.5) is 0 Å². The first kappa shape index (κ1) is 14.0. The second-order valence-electron chi connectivity index (χ2n) is 4.59. The van der Waals surface area contributed by atoms with Crippen molar-refractivity contribution in [2.24, 2.45) is 5.73 Å². The summed E-state index contributed by atoms with van der Waals surface area (Å²) in [6.45, 7) is -0.195. The number of primary amides is 1. The van der Waals surface area contributed by atoms with E-state index >= 15 is 0 Å². The van der Waals surface area contributed by atoms with E-state index in [0.29, 0.717) is 22.2 Å². The molecule has 3 heterocycles. The van der Waals surface area contributed by atoms with Gasteiger partial charge in [0.25, 0.3) is 5.91 Å². The van der Waals surface area contributed by atoms with E-state index in [0.717, 1.165) is 0 Å². The first-order valence-electron chi connectivity index (χ1n) is 6.34. The molecular weight excluding hydrogens is 288 g/mol. The minimum atomic E-state index is -1.61. The highest BCUT2D eigenvalue weighted by Gasteiger charge is 2.17. The molecule has 0 unspecified atom stereocenters. The number of carbonyl (C=O) groups excluding carboxylic acids is 1. The molecule has 3 aromatic heterocycles. The number of hydrogen-bond acceptors (Lipinski definition) is 7. The fourth-order valence-electron chi connectivity index (χ4n) is 2.14. The van der Waals surface area contributed by atoms with Crippen LogP contribution in [0.25, 0.3) is 22.2 Å². The molecular formula is C13H12N6O3. The van der Waals surface area contributed by atoms with Gasteiger partial charge in [-0.1, -0.05) is 0 Å². The lowest BCUT2D eigenvalue weighted by Crippen LogP contribution is -2.17. The predicted molar refractivity (Wildman–Crippen MR) is 75.3 cm³/mol. The third kappa shape index (κ3) is 2.50. The molecule has 0 aromatic carbocycles. The monoisotopic (exact) mass is 300 g/mol. The van der Waals surface area contributed by atoms with Gasteiger partial charge in [-0.05, 0) is 6.07 Å². The molecule has 9 nitrogen and oxygen atoms in total. The van der Waals surface area contributed by atoms with Gasteiger partial charge in [-0.25, -0.2) is 9.97 Å². The molecule has 0 atom stereocenters. The molecule has 4 N–H and O–H groups in total. The van der Waals surface area contributed by atoms with E-state index in [1.54, 1.807) is 18.5 Å². The molecule has 0 fully saturated rings. The van der Waals surface area contributed by atoms with Gasteiger partial charge in [0.1, 0.15) is 6.33 Å². The highest BCUT2D eigenvalue weighted by molar-refractivity contribution is 6.04. The van der Waals surface area contributed by atoms with E-state index in [2.05, 4.69) is 20.1 Å². The third-order valence-electron chi connectivity index (χ3n) is 3.06. The Hall–Kier alpha value is -2.91. The number of aromatic nitrogens is 5. The number of aliphatic hydroxyl groups excluding tert-OH is 1. The van der Waals surface area contributed by atoms with Gasteiger partial charge in [0.2, 0.25) is 0 Å². The number of nitrogens with zero attached hydrogens (tertiary/aromatic N) is 5. The molecule has 0 spiro atoms. The lowest BCUT2D eigenvalue weighted by atomic mass is 10.1. The molecule has 0 saturated heterocycles. The average Bonchev–Trinajstić information content (AvgIpc) is 2.86. The predicted octanol–water partition coefficient (Wildman–Crippen LogP) is -0.702. The van der Waals surface area contributed by atoms with Crippen LogP contribution in [0, 0.1) is 0 Å². The van der Waals surface area contributed by atoms with E-state index < -0.39 is 12.2 Å². The number of carbonyl (C=O) groups is 1. The molecule has 9 heteroatoms. The maximum absolute atomic E-state index is 11.5. The van der Waals surface area contributed by atoms with Gasteiger partial charge in [-0.15, -0.1) is 0 Å². The topological polar surface area (TPSA) is 140 Å². The number of amides is 1. The summed E-state index contributed by atoms with van der Waals surface area (Å²) in [5, 5.41) is 22.7. The fraction of sp³-hybridized carbons (Fsp3) is 0.154. The summed E-state index contributed by atoms with van der Waals surface area (Å²) in [7, 11) is 0. The summed E-state index contributed by atoms with van der Waals surface area (Å²) in [6.07, 6.45) is 4.46. The molecule has 0 aliphatic carbocycles. The van der Waals surface area contributed by atoms with Crippen LogP contribution in [-0.2, 0) is 6.54 Å². The van der Waals surface area contributed by atoms with Crippen LogP contribution in [-0.4, -0.2) is 47.1 Å². The van der Waals surface area contributed by atoms with Crippen molar-refractivity contribution in [3.63, 3.8) is 0 Å². The number of nitrogens with two attached hydrogens (primary N) is 1. The van der Waals surface area contributed by atoms with Crippen LogP contribution in [0.3, 0.4) is 0 Å². The Kier molecular flexibility index (Phi) is 3.49. The van der Waals surface area contributed by atoms with E-state index in [4.69, 9.17) is 15.9 Å². The zero-order valence-corrected chi connectivity index (χ0v) is 11.3. The minimum Gasteiger partial charge on any atom is -0.367 e. The van der Waals surface area contributed by atoms with E-state index in [1.165, 1.54) is 17.2 Å². The summed E-state index contributed by atoms with van der Waals surface area (Å²) in [4.78, 5) is 23.6. The molecule has 0 aliphatic heterocycles. The minimum absolute atomic E-state index is 0.0381. The highest BCUT2D eigenvalue weighted by atomic mass is 16.5. The molecule has 3 aromatic rings. The van der Waals surface area contributed by atoms with Crippen molar-refractivity contribution in [3.05, 3.63) is 36.7 Å². The van der Waals surface area contributed by atoms with Crippen molar-refractivity contribution in [2.45, 2.75) is 12.8 Å². The third-order valence-corrected chi connectivity index (χ3v) is 3.06. The first-order chi connectivity index (χ1) is 10.6. The largest absolute Gasteiger partial charge is 0.367 e. The van der Waals surface area contributed by atoms with Crippen molar-refractivity contribution in [1.29, 1.82) is 0 Å². The maximum atomic E-state index is 11.5. The average molecular weight is 300 g/mol. The Balaban J connectivity index is 2.18. The van der Waals surface area contributed by atoms with Crippen LogP contribution in [0.5, 0.6) is 0 Å². The van der Waals surface area contributed by atoms with Crippen LogP contribution in [0.15, 0.2) is 31.0 Å². The number of pyridine rings is 1. The summed E-state index contributed by atoms with van der Waals surface area (Å²) >= 11 is 0. The lowest BCUT2D eigenvalue weighted by molar-refractivity contribution is -0.0527. The Bertz CT molecular complexity index is 830. The molecule has 3 rings (SSSR count). The highest BCUT2D eigenvalue weighted by Crippen LogP contribution is 2.23. The van der Waals surface area contributed by atoms with Crippen LogP contribution in [0.1, 0.15) is 10.5 Å². The van der Waals surface area contributed by atoms with Crippen molar-refractivity contribution >= 4 is 16.8 Å². The quantitative estimate of drug-likeness (QED) is 0.541. The molecule has 22 heavy (non-hydrogen) atoms. The Labute approximate surface area is 124 Å². The smallest absolute Gasteiger partial charge is 0.269 e. The second kappa shape index (κ2) is 5.47. The Morgan fingerprint density at radius 2 is 2.00 bits per heavy atom. The SMILES string of the molecule is NC(=O)c1nn(CC(O)O)c2cnc(-c3cncnc3)cc12. The van der Waals surface area contributed by atoms with Crippen LogP contribution in [0.2, 0.25) is 0 Å². The van der Waals surface area contributed by atoms with Crippen LogP contribution >= 0.6 is 0 Å². The zero-order chi connectivity index (χ0) is 15.7. The molecule has 112 valence electrons. The Morgan fingerprint density at radius 1 is 1.27 bits per heavy atom. The van der Waals surface area contributed by atoms with Gasteiger partial charge in [-0.2, -0.15) is 5.10 Å². The Morgan fingerprint density at radius 3 is 2.64 bits per heavy atom. The van der Waals surface area contributed by atoms with Crippen molar-refractivity contribution in [1.82, 2.24) is 24.7 Å². The zero-order valence-electron chi connectivity index (χ0n) is 11.3. The summed E-state index contributed by atoms with van der Waals surface area (Å²) < 4.78 is 1.28. The summed E-state index contributed by atoms with van der Waals surface area (Å²) in [6, 6.07) is 1.64. The number of aliphatic hydroxyl groups is 2. The van der Waals surface area contributed by atoms with Gasteiger partial charge in [0.15, 0.2) is 12.0 Å². The first-order valence-corrected chi connectivity index (χ1v) is 6.34. The van der Waals surface area contributed by atoms with Gasteiger partial charge >= 0.3 is 0 Å². The van der Waals surface area contributed by atoms with Crippen molar-refractivity contribution in [3.8, 4) is 11.3 Å². The van der Waals surface area contributed by atoms with Crippen molar-refractivity contribution < 1.29 is 15.0 Å². The summed E-state index contributed by atoms with van der Waals surface area (Å²) in [5.74, 6) is -0.711. The molecule has 0 radical (unpaired) electrons. The maximum Gasteiger partial charge on any atom is 0.269 e. The molecule has 0 aliphatic rings.